The summed E-state index contributed by atoms with van der Waals surface area (Å²) in [7, 11) is 0. The van der Waals surface area contributed by atoms with Gasteiger partial charge in [0.1, 0.15) is 0 Å². The van der Waals surface area contributed by atoms with E-state index in [0.717, 1.165) is 12.1 Å². The van der Waals surface area contributed by atoms with Gasteiger partial charge in [0.2, 0.25) is 0 Å². The smallest absolute Gasteiger partial charge is 0.417 e. The van der Waals surface area contributed by atoms with Crippen molar-refractivity contribution in [3.05, 3.63) is 42.0 Å². The molecule has 0 fully saturated rings. The number of rotatable bonds is 4. The van der Waals surface area contributed by atoms with Crippen molar-refractivity contribution in [2.45, 2.75) is 6.18 Å². The van der Waals surface area contributed by atoms with Gasteiger partial charge in [-0.1, -0.05) is 6.08 Å². The fourth-order valence-corrected chi connectivity index (χ4v) is 1.27. The maximum atomic E-state index is 12.5. The largest absolute Gasteiger partial charge is 0.478 e. The summed E-state index contributed by atoms with van der Waals surface area (Å²) >= 11 is 0. The third-order valence-corrected chi connectivity index (χ3v) is 2.01. The highest BCUT2D eigenvalue weighted by Crippen LogP contribution is 2.33. The summed E-state index contributed by atoms with van der Waals surface area (Å²) in [6.07, 6.45) is -3.16. The maximum absolute atomic E-state index is 12.5. The van der Waals surface area contributed by atoms with E-state index >= 15 is 0 Å². The molecule has 0 aliphatic rings. The number of hydrogen-bond donors (Lipinski definition) is 2. The molecule has 0 saturated carbocycles. The zero-order valence-corrected chi connectivity index (χ0v) is 8.71. The van der Waals surface area contributed by atoms with Crippen molar-refractivity contribution in [2.24, 2.45) is 0 Å². The maximum Gasteiger partial charge on any atom is 0.417 e. The summed E-state index contributed by atoms with van der Waals surface area (Å²) < 4.78 is 37.5. The van der Waals surface area contributed by atoms with Crippen LogP contribution in [0.1, 0.15) is 15.9 Å². The van der Waals surface area contributed by atoms with E-state index in [4.69, 9.17) is 5.11 Å². The summed E-state index contributed by atoms with van der Waals surface area (Å²) in [6.45, 7) is 3.77. The Hall–Kier alpha value is -1.98. The van der Waals surface area contributed by atoms with Crippen LogP contribution in [-0.2, 0) is 6.18 Å². The van der Waals surface area contributed by atoms with Crippen LogP contribution in [0.5, 0.6) is 0 Å². The SMILES string of the molecule is C=CCNc1ccc(C(F)(F)F)c(C(=O)O)c1. The highest BCUT2D eigenvalue weighted by atomic mass is 19.4. The molecule has 0 unspecified atom stereocenters. The number of anilines is 1. The molecule has 0 aliphatic carbocycles. The summed E-state index contributed by atoms with van der Waals surface area (Å²) in [5, 5.41) is 11.5. The van der Waals surface area contributed by atoms with Gasteiger partial charge >= 0.3 is 12.1 Å². The second kappa shape index (κ2) is 4.90. The zero-order valence-electron chi connectivity index (χ0n) is 8.71. The number of carboxylic acids is 1. The number of aromatic carboxylic acids is 1. The molecule has 6 heteroatoms. The Morgan fingerprint density at radius 1 is 1.47 bits per heavy atom. The fourth-order valence-electron chi connectivity index (χ4n) is 1.27. The van der Waals surface area contributed by atoms with Gasteiger partial charge in [0.05, 0.1) is 11.1 Å². The average Bonchev–Trinajstić information content (AvgIpc) is 2.24. The van der Waals surface area contributed by atoms with Crippen LogP contribution in [0, 0.1) is 0 Å². The molecule has 17 heavy (non-hydrogen) atoms. The van der Waals surface area contributed by atoms with Crippen LogP contribution >= 0.6 is 0 Å². The van der Waals surface area contributed by atoms with E-state index in [1.54, 1.807) is 0 Å². The molecule has 0 aromatic heterocycles. The molecule has 0 saturated heterocycles. The lowest BCUT2D eigenvalue weighted by Crippen LogP contribution is -2.13. The summed E-state index contributed by atoms with van der Waals surface area (Å²) in [6, 6.07) is 2.88. The molecule has 0 amide bonds. The molecule has 1 rings (SSSR count). The van der Waals surface area contributed by atoms with E-state index in [1.165, 1.54) is 12.1 Å². The van der Waals surface area contributed by atoms with E-state index in [-0.39, 0.29) is 0 Å². The molecular formula is C11H10F3NO2. The normalized spacial score (nSPS) is 11.0. The van der Waals surface area contributed by atoms with Crippen LogP contribution in [0.2, 0.25) is 0 Å². The van der Waals surface area contributed by atoms with Crippen molar-refractivity contribution in [3.8, 4) is 0 Å². The molecule has 0 radical (unpaired) electrons. The molecule has 0 spiro atoms. The highest BCUT2D eigenvalue weighted by molar-refractivity contribution is 5.91. The second-order valence-electron chi connectivity index (χ2n) is 3.23. The minimum absolute atomic E-state index is 0.301. The Balaban J connectivity index is 3.18. The number of carbonyl (C=O) groups is 1. The van der Waals surface area contributed by atoms with Crippen molar-refractivity contribution < 1.29 is 23.1 Å². The molecule has 3 nitrogen and oxygen atoms in total. The Kier molecular flexibility index (Phi) is 3.77. The number of halogens is 3. The van der Waals surface area contributed by atoms with Crippen LogP contribution in [-0.4, -0.2) is 17.6 Å². The minimum Gasteiger partial charge on any atom is -0.478 e. The lowest BCUT2D eigenvalue weighted by molar-refractivity contribution is -0.138. The van der Waals surface area contributed by atoms with Crippen molar-refractivity contribution in [3.63, 3.8) is 0 Å². The van der Waals surface area contributed by atoms with Crippen LogP contribution in [0.25, 0.3) is 0 Å². The second-order valence-corrected chi connectivity index (χ2v) is 3.23. The van der Waals surface area contributed by atoms with Gasteiger partial charge in [-0.05, 0) is 18.2 Å². The van der Waals surface area contributed by atoms with E-state index in [9.17, 15) is 18.0 Å². The van der Waals surface area contributed by atoms with Gasteiger partial charge in [-0.2, -0.15) is 13.2 Å². The van der Waals surface area contributed by atoms with Gasteiger partial charge in [-0.15, -0.1) is 6.58 Å². The van der Waals surface area contributed by atoms with Gasteiger partial charge in [0.25, 0.3) is 0 Å². The van der Waals surface area contributed by atoms with Crippen molar-refractivity contribution in [1.29, 1.82) is 0 Å². The zero-order chi connectivity index (χ0) is 13.1. The molecule has 0 bridgehead atoms. The first-order valence-electron chi connectivity index (χ1n) is 4.65. The molecule has 92 valence electrons. The number of alkyl halides is 3. The van der Waals surface area contributed by atoms with Crippen LogP contribution in [0.3, 0.4) is 0 Å². The first kappa shape index (κ1) is 13.1. The Bertz CT molecular complexity index is 441. The van der Waals surface area contributed by atoms with Gasteiger partial charge < -0.3 is 10.4 Å². The number of carboxylic acid groups (broad SMARTS) is 1. The lowest BCUT2D eigenvalue weighted by atomic mass is 10.1. The monoisotopic (exact) mass is 245 g/mol. The molecule has 0 atom stereocenters. The van der Waals surface area contributed by atoms with Gasteiger partial charge in [0.15, 0.2) is 0 Å². The first-order chi connectivity index (χ1) is 7.86. The van der Waals surface area contributed by atoms with E-state index < -0.39 is 23.3 Å². The predicted octanol–water partition coefficient (Wildman–Crippen LogP) is 3.00. The van der Waals surface area contributed by atoms with Gasteiger partial charge in [-0.3, -0.25) is 0 Å². The average molecular weight is 245 g/mol. The molecule has 1 aromatic rings. The van der Waals surface area contributed by atoms with E-state index in [1.807, 2.05) is 0 Å². The highest BCUT2D eigenvalue weighted by Gasteiger charge is 2.35. The Morgan fingerprint density at radius 3 is 2.59 bits per heavy atom. The van der Waals surface area contributed by atoms with Crippen molar-refractivity contribution >= 4 is 11.7 Å². The van der Waals surface area contributed by atoms with Gasteiger partial charge in [-0.25, -0.2) is 4.79 Å². The standard InChI is InChI=1S/C11H10F3NO2/c1-2-5-15-7-3-4-9(11(12,13)14)8(6-7)10(16)17/h2-4,6,15H,1,5H2,(H,16,17). The summed E-state index contributed by atoms with van der Waals surface area (Å²) in [5.41, 5.74) is -1.63. The summed E-state index contributed by atoms with van der Waals surface area (Å²) in [4.78, 5) is 10.7. The fraction of sp³-hybridized carbons (Fsp3) is 0.182. The lowest BCUT2D eigenvalue weighted by Gasteiger charge is -2.12. The number of nitrogens with one attached hydrogen (secondary N) is 1. The number of hydrogen-bond acceptors (Lipinski definition) is 2. The van der Waals surface area contributed by atoms with Crippen LogP contribution in [0.15, 0.2) is 30.9 Å². The quantitative estimate of drug-likeness (QED) is 0.801. The van der Waals surface area contributed by atoms with Crippen molar-refractivity contribution in [2.75, 3.05) is 11.9 Å². The topological polar surface area (TPSA) is 49.3 Å². The Morgan fingerprint density at radius 2 is 2.12 bits per heavy atom. The molecule has 0 aliphatic heterocycles. The first-order valence-corrected chi connectivity index (χ1v) is 4.65. The molecule has 1 aromatic carbocycles. The molecular weight excluding hydrogens is 235 g/mol. The predicted molar refractivity (Wildman–Crippen MR) is 57.1 cm³/mol. The molecule has 2 N–H and O–H groups in total. The van der Waals surface area contributed by atoms with E-state index in [2.05, 4.69) is 11.9 Å². The molecule has 0 heterocycles. The van der Waals surface area contributed by atoms with Crippen LogP contribution < -0.4 is 5.32 Å². The number of benzene rings is 1. The minimum atomic E-state index is -4.68. The third-order valence-electron chi connectivity index (χ3n) is 2.01. The van der Waals surface area contributed by atoms with E-state index in [0.29, 0.717) is 12.2 Å². The van der Waals surface area contributed by atoms with Crippen molar-refractivity contribution in [1.82, 2.24) is 0 Å². The summed E-state index contributed by atoms with van der Waals surface area (Å²) in [5.74, 6) is -1.61. The Labute approximate surface area is 95.6 Å². The third kappa shape index (κ3) is 3.24. The van der Waals surface area contributed by atoms with Gasteiger partial charge in [0, 0.05) is 12.2 Å². The van der Waals surface area contributed by atoms with Crippen LogP contribution in [0.4, 0.5) is 18.9 Å².